The average Bonchev–Trinajstić information content (AvgIpc) is 2.75. The van der Waals surface area contributed by atoms with Crippen molar-refractivity contribution in [3.8, 4) is 28.0 Å². The molecule has 0 aliphatic carbocycles. The van der Waals surface area contributed by atoms with E-state index in [1.54, 1.807) is 12.1 Å². The van der Waals surface area contributed by atoms with Crippen LogP contribution in [0.15, 0.2) is 60.7 Å². The Bertz CT molecular complexity index is 1120. The number of halogens is 1. The third-order valence-electron chi connectivity index (χ3n) is 5.52. The number of nitrogens with zero attached hydrogens (tertiary/aromatic N) is 1. The van der Waals surface area contributed by atoms with Crippen LogP contribution in [0.5, 0.6) is 5.75 Å². The molecule has 1 amide bonds. The highest BCUT2D eigenvalue weighted by molar-refractivity contribution is 5.89. The van der Waals surface area contributed by atoms with E-state index in [9.17, 15) is 14.3 Å². The van der Waals surface area contributed by atoms with Crippen LogP contribution in [0.3, 0.4) is 0 Å². The molecule has 0 aromatic heterocycles. The topological polar surface area (TPSA) is 64.6 Å². The molecule has 0 radical (unpaired) electrons. The molecule has 1 aliphatic heterocycles. The number of nitrogens with one attached hydrogen (secondary N) is 2. The van der Waals surface area contributed by atoms with Gasteiger partial charge in [-0.2, -0.15) is 0 Å². The molecule has 3 aromatic rings. The van der Waals surface area contributed by atoms with Gasteiger partial charge in [-0.1, -0.05) is 36.4 Å². The Hall–Kier alpha value is -3.38. The van der Waals surface area contributed by atoms with Gasteiger partial charge in [-0.05, 0) is 42.3 Å². The highest BCUT2D eigenvalue weighted by atomic mass is 19.1. The summed E-state index contributed by atoms with van der Waals surface area (Å²) in [4.78, 5) is 13.5. The van der Waals surface area contributed by atoms with Crippen LogP contribution in [-0.2, 0) is 4.79 Å². The molecule has 0 bridgehead atoms. The first-order valence-electron chi connectivity index (χ1n) is 10.4. The normalized spacial score (nSPS) is 16.2. The van der Waals surface area contributed by atoms with Gasteiger partial charge in [0.2, 0.25) is 5.91 Å². The fourth-order valence-corrected chi connectivity index (χ4v) is 4.02. The van der Waals surface area contributed by atoms with Crippen molar-refractivity contribution in [1.82, 2.24) is 5.32 Å². The summed E-state index contributed by atoms with van der Waals surface area (Å²) in [6, 6.07) is 18.5. The molecule has 1 aliphatic rings. The fraction of sp³-hybridized carbons (Fsp3) is 0.240. The number of rotatable bonds is 4. The van der Waals surface area contributed by atoms with Crippen molar-refractivity contribution >= 4 is 17.3 Å². The van der Waals surface area contributed by atoms with Gasteiger partial charge in [0.05, 0.1) is 5.69 Å². The number of carbonyl (C=O) groups excluding carboxylic acids is 1. The molecule has 3 aromatic carbocycles. The molecule has 1 fully saturated rings. The van der Waals surface area contributed by atoms with E-state index >= 15 is 0 Å². The van der Waals surface area contributed by atoms with E-state index in [2.05, 4.69) is 34.6 Å². The lowest BCUT2D eigenvalue weighted by atomic mass is 9.96. The summed E-state index contributed by atoms with van der Waals surface area (Å²) in [6.07, 6.45) is 0. The van der Waals surface area contributed by atoms with Crippen LogP contribution < -0.4 is 15.5 Å². The molecular formula is C25H26FN3O2. The van der Waals surface area contributed by atoms with Crippen LogP contribution in [0.1, 0.15) is 13.8 Å². The SMILES string of the molecule is CC(=O)Nc1ccc(-c2cccc(-c3cccc(N4CCN[C@@H](C)C4)c3)c2O)cc1F. The first-order valence-corrected chi connectivity index (χ1v) is 10.4. The second-order valence-corrected chi connectivity index (χ2v) is 7.93. The number of aromatic hydroxyl groups is 1. The molecule has 1 saturated heterocycles. The van der Waals surface area contributed by atoms with Gasteiger partial charge >= 0.3 is 0 Å². The molecule has 0 saturated carbocycles. The number of benzene rings is 3. The van der Waals surface area contributed by atoms with Crippen molar-refractivity contribution in [3.05, 3.63) is 66.5 Å². The Morgan fingerprint density at radius 1 is 1.10 bits per heavy atom. The van der Waals surface area contributed by atoms with Gasteiger partial charge in [-0.25, -0.2) is 4.39 Å². The maximum atomic E-state index is 14.4. The molecule has 4 rings (SSSR count). The third kappa shape index (κ3) is 4.54. The van der Waals surface area contributed by atoms with Crippen molar-refractivity contribution in [2.24, 2.45) is 0 Å². The second-order valence-electron chi connectivity index (χ2n) is 7.93. The molecule has 0 spiro atoms. The summed E-state index contributed by atoms with van der Waals surface area (Å²) in [6.45, 7) is 6.29. The van der Waals surface area contributed by atoms with Crippen LogP contribution in [0.2, 0.25) is 0 Å². The Kier molecular flexibility index (Phi) is 5.91. The average molecular weight is 420 g/mol. The minimum absolute atomic E-state index is 0.0972. The lowest BCUT2D eigenvalue weighted by molar-refractivity contribution is -0.114. The van der Waals surface area contributed by atoms with E-state index in [1.807, 2.05) is 24.3 Å². The maximum absolute atomic E-state index is 14.4. The minimum atomic E-state index is -0.549. The summed E-state index contributed by atoms with van der Waals surface area (Å²) in [5.74, 6) is -0.789. The second kappa shape index (κ2) is 8.78. The predicted molar refractivity (Wildman–Crippen MR) is 123 cm³/mol. The van der Waals surface area contributed by atoms with E-state index in [0.717, 1.165) is 30.9 Å². The highest BCUT2D eigenvalue weighted by Gasteiger charge is 2.18. The Morgan fingerprint density at radius 2 is 1.81 bits per heavy atom. The van der Waals surface area contributed by atoms with Gasteiger partial charge in [0.1, 0.15) is 11.6 Å². The lowest BCUT2D eigenvalue weighted by Crippen LogP contribution is -2.49. The lowest BCUT2D eigenvalue weighted by Gasteiger charge is -2.33. The van der Waals surface area contributed by atoms with Gasteiger partial charge in [-0.3, -0.25) is 4.79 Å². The quantitative estimate of drug-likeness (QED) is 0.577. The first-order chi connectivity index (χ1) is 14.9. The zero-order chi connectivity index (χ0) is 22.0. The monoisotopic (exact) mass is 419 g/mol. The number of para-hydroxylation sites is 1. The summed E-state index contributed by atoms with van der Waals surface area (Å²) in [5.41, 5.74) is 3.89. The molecule has 1 heterocycles. The van der Waals surface area contributed by atoms with Crippen LogP contribution in [0.4, 0.5) is 15.8 Å². The minimum Gasteiger partial charge on any atom is -0.507 e. The van der Waals surface area contributed by atoms with Crippen LogP contribution >= 0.6 is 0 Å². The molecule has 0 unspecified atom stereocenters. The summed E-state index contributed by atoms with van der Waals surface area (Å²) in [7, 11) is 0. The van der Waals surface area contributed by atoms with Crippen molar-refractivity contribution in [1.29, 1.82) is 0 Å². The van der Waals surface area contributed by atoms with E-state index in [1.165, 1.54) is 19.1 Å². The maximum Gasteiger partial charge on any atom is 0.221 e. The molecule has 1 atom stereocenters. The number of hydrogen-bond donors (Lipinski definition) is 3. The molecule has 5 nitrogen and oxygen atoms in total. The van der Waals surface area contributed by atoms with Crippen molar-refractivity contribution < 1.29 is 14.3 Å². The Labute approximate surface area is 181 Å². The zero-order valence-corrected chi connectivity index (χ0v) is 17.7. The summed E-state index contributed by atoms with van der Waals surface area (Å²) >= 11 is 0. The standard InChI is InChI=1S/C25H26FN3O2/c1-16-15-29(12-11-27-16)20-6-3-5-18(13-20)21-7-4-8-22(25(21)31)19-9-10-24(23(26)14-19)28-17(2)30/h3-10,13-14,16,27,31H,11-12,15H2,1-2H3,(H,28,30)/t16-/m0/s1. The largest absolute Gasteiger partial charge is 0.507 e. The number of anilines is 2. The number of carbonyl (C=O) groups is 1. The number of phenols is 1. The van der Waals surface area contributed by atoms with Crippen molar-refractivity contribution in [2.75, 3.05) is 29.9 Å². The van der Waals surface area contributed by atoms with Crippen LogP contribution in [-0.4, -0.2) is 36.7 Å². The van der Waals surface area contributed by atoms with Crippen LogP contribution in [0, 0.1) is 5.82 Å². The van der Waals surface area contributed by atoms with E-state index in [-0.39, 0.29) is 17.3 Å². The van der Waals surface area contributed by atoms with Gasteiger partial charge in [0, 0.05) is 49.4 Å². The first kappa shape index (κ1) is 20.9. The van der Waals surface area contributed by atoms with E-state index in [4.69, 9.17) is 0 Å². The third-order valence-corrected chi connectivity index (χ3v) is 5.52. The summed E-state index contributed by atoms with van der Waals surface area (Å²) in [5, 5.41) is 16.9. The highest BCUT2D eigenvalue weighted by Crippen LogP contribution is 2.39. The molecule has 160 valence electrons. The molecule has 3 N–H and O–H groups in total. The van der Waals surface area contributed by atoms with Crippen molar-refractivity contribution in [3.63, 3.8) is 0 Å². The van der Waals surface area contributed by atoms with Gasteiger partial charge in [0.15, 0.2) is 0 Å². The number of hydrogen-bond acceptors (Lipinski definition) is 4. The van der Waals surface area contributed by atoms with Gasteiger partial charge < -0.3 is 20.6 Å². The van der Waals surface area contributed by atoms with Gasteiger partial charge in [0.25, 0.3) is 0 Å². The van der Waals surface area contributed by atoms with Crippen molar-refractivity contribution in [2.45, 2.75) is 19.9 Å². The zero-order valence-electron chi connectivity index (χ0n) is 17.7. The number of phenolic OH excluding ortho intramolecular Hbond substituents is 1. The Balaban J connectivity index is 1.68. The van der Waals surface area contributed by atoms with Crippen LogP contribution in [0.25, 0.3) is 22.3 Å². The fourth-order valence-electron chi connectivity index (χ4n) is 4.02. The molecule has 6 heteroatoms. The smallest absolute Gasteiger partial charge is 0.221 e. The van der Waals surface area contributed by atoms with Gasteiger partial charge in [-0.15, -0.1) is 0 Å². The van der Waals surface area contributed by atoms with E-state index < -0.39 is 5.82 Å². The Morgan fingerprint density at radius 3 is 2.48 bits per heavy atom. The number of amides is 1. The molecule has 31 heavy (non-hydrogen) atoms. The summed E-state index contributed by atoms with van der Waals surface area (Å²) < 4.78 is 14.4. The number of piperazine rings is 1. The van der Waals surface area contributed by atoms with E-state index in [0.29, 0.717) is 22.7 Å². The molecular weight excluding hydrogens is 393 g/mol. The predicted octanol–water partition coefficient (Wildman–Crippen LogP) is 4.62.